The minimum absolute atomic E-state index is 0.00121. The molecule has 0 radical (unpaired) electrons. The molecule has 2 aromatic heterocycles. The number of rotatable bonds is 4. The van der Waals surface area contributed by atoms with Gasteiger partial charge in [-0.15, -0.1) is 0 Å². The van der Waals surface area contributed by atoms with Crippen molar-refractivity contribution in [2.24, 2.45) is 0 Å². The lowest BCUT2D eigenvalue weighted by Gasteiger charge is -2.15. The second-order valence-corrected chi connectivity index (χ2v) is 8.38. The van der Waals surface area contributed by atoms with Gasteiger partial charge in [0.05, 0.1) is 50.8 Å². The molecule has 2 N–H and O–H groups in total. The minimum Gasteiger partial charge on any atom is -0.505 e. The molecule has 0 saturated carbocycles. The first-order valence-corrected chi connectivity index (χ1v) is 10.7. The fourth-order valence-electron chi connectivity index (χ4n) is 3.49. The summed E-state index contributed by atoms with van der Waals surface area (Å²) in [5.74, 6) is -1.07. The van der Waals surface area contributed by atoms with Crippen molar-refractivity contribution in [1.29, 1.82) is 0 Å². The number of aromatic hydroxyl groups is 1. The van der Waals surface area contributed by atoms with Gasteiger partial charge in [-0.2, -0.15) is 13.2 Å². The first kappa shape index (κ1) is 24.5. The molecule has 2 heterocycles. The standard InChI is InChI=1S/C23H15Cl2F3N4O3/c1-11-4-5-16(31-21(34)12-7-14(24)20(33)15(25)8-12)18-19(11)30-10-32(22(18)35)9-17-13(23(26,27)28)3-2-6-29-17/h2-8,10,33H,9H2,1H3,(H,31,34). The molecular formula is C23H15Cl2F3N4O3. The number of carbonyl (C=O) groups is 1. The number of amides is 1. The Bertz CT molecular complexity index is 1510. The number of benzene rings is 2. The van der Waals surface area contributed by atoms with E-state index in [1.165, 1.54) is 24.4 Å². The molecule has 0 fully saturated rings. The smallest absolute Gasteiger partial charge is 0.418 e. The third-order valence-corrected chi connectivity index (χ3v) is 5.80. The van der Waals surface area contributed by atoms with E-state index in [-0.39, 0.29) is 43.6 Å². The maximum absolute atomic E-state index is 13.4. The average molecular weight is 523 g/mol. The number of carbonyl (C=O) groups excluding carboxylic acids is 1. The molecule has 0 spiro atoms. The molecule has 0 saturated heterocycles. The highest BCUT2D eigenvalue weighted by molar-refractivity contribution is 6.37. The molecule has 2 aromatic carbocycles. The van der Waals surface area contributed by atoms with Crippen LogP contribution in [0.15, 0.2) is 53.7 Å². The van der Waals surface area contributed by atoms with Crippen molar-refractivity contribution in [1.82, 2.24) is 14.5 Å². The lowest BCUT2D eigenvalue weighted by Crippen LogP contribution is -2.25. The maximum Gasteiger partial charge on any atom is 0.418 e. The quantitative estimate of drug-likeness (QED) is 0.372. The Morgan fingerprint density at radius 2 is 1.83 bits per heavy atom. The number of nitrogens with zero attached hydrogens (tertiary/aromatic N) is 3. The van der Waals surface area contributed by atoms with Crippen LogP contribution in [0.4, 0.5) is 18.9 Å². The van der Waals surface area contributed by atoms with Gasteiger partial charge in [-0.25, -0.2) is 4.98 Å². The van der Waals surface area contributed by atoms with Crippen molar-refractivity contribution in [3.8, 4) is 5.75 Å². The number of aryl methyl sites for hydroxylation is 1. The van der Waals surface area contributed by atoms with Gasteiger partial charge in [0.2, 0.25) is 0 Å². The second kappa shape index (κ2) is 9.20. The Hall–Kier alpha value is -3.63. The highest BCUT2D eigenvalue weighted by Crippen LogP contribution is 2.33. The van der Waals surface area contributed by atoms with E-state index in [9.17, 15) is 27.9 Å². The minimum atomic E-state index is -4.65. The highest BCUT2D eigenvalue weighted by Gasteiger charge is 2.34. The molecule has 0 atom stereocenters. The summed E-state index contributed by atoms with van der Waals surface area (Å²) in [4.78, 5) is 34.2. The fraction of sp³-hybridized carbons (Fsp3) is 0.130. The van der Waals surface area contributed by atoms with Crippen LogP contribution in [0.1, 0.15) is 27.2 Å². The number of pyridine rings is 1. The van der Waals surface area contributed by atoms with Gasteiger partial charge in [-0.1, -0.05) is 29.3 Å². The summed E-state index contributed by atoms with van der Waals surface area (Å²) in [6.07, 6.45) is -2.31. The number of nitrogens with one attached hydrogen (secondary N) is 1. The number of hydrogen-bond acceptors (Lipinski definition) is 5. The maximum atomic E-state index is 13.4. The van der Waals surface area contributed by atoms with Crippen LogP contribution < -0.4 is 10.9 Å². The van der Waals surface area contributed by atoms with Crippen LogP contribution in [-0.4, -0.2) is 25.5 Å². The SMILES string of the molecule is Cc1ccc(NC(=O)c2cc(Cl)c(O)c(Cl)c2)c2c(=O)n(Cc3ncccc3C(F)(F)F)cnc12. The van der Waals surface area contributed by atoms with Gasteiger partial charge in [0, 0.05) is 11.8 Å². The summed E-state index contributed by atoms with van der Waals surface area (Å²) in [6.45, 7) is 1.21. The zero-order valence-electron chi connectivity index (χ0n) is 17.8. The average Bonchev–Trinajstić information content (AvgIpc) is 2.80. The van der Waals surface area contributed by atoms with E-state index < -0.39 is 29.8 Å². The molecule has 0 aliphatic heterocycles. The van der Waals surface area contributed by atoms with Crippen LogP contribution in [0.25, 0.3) is 10.9 Å². The van der Waals surface area contributed by atoms with Crippen molar-refractivity contribution >= 4 is 45.7 Å². The predicted molar refractivity (Wildman–Crippen MR) is 125 cm³/mol. The Morgan fingerprint density at radius 1 is 1.14 bits per heavy atom. The van der Waals surface area contributed by atoms with Crippen molar-refractivity contribution < 1.29 is 23.1 Å². The summed E-state index contributed by atoms with van der Waals surface area (Å²) in [6, 6.07) is 7.55. The van der Waals surface area contributed by atoms with Crippen LogP contribution in [0.5, 0.6) is 5.75 Å². The molecule has 35 heavy (non-hydrogen) atoms. The number of phenols is 1. The van der Waals surface area contributed by atoms with Gasteiger partial charge >= 0.3 is 6.18 Å². The van der Waals surface area contributed by atoms with Crippen molar-refractivity contribution in [3.05, 3.63) is 91.7 Å². The Balaban J connectivity index is 1.79. The number of aromatic nitrogens is 3. The first-order valence-electron chi connectivity index (χ1n) is 9.96. The normalized spacial score (nSPS) is 11.6. The molecule has 0 bridgehead atoms. The Labute approximate surface area is 205 Å². The van der Waals surface area contributed by atoms with Crippen LogP contribution in [0.3, 0.4) is 0 Å². The Kier molecular flexibility index (Phi) is 6.44. The molecule has 4 rings (SSSR count). The Morgan fingerprint density at radius 3 is 2.49 bits per heavy atom. The van der Waals surface area contributed by atoms with Crippen LogP contribution >= 0.6 is 23.2 Å². The summed E-state index contributed by atoms with van der Waals surface area (Å²) in [7, 11) is 0. The highest BCUT2D eigenvalue weighted by atomic mass is 35.5. The molecule has 7 nitrogen and oxygen atoms in total. The molecule has 0 aliphatic rings. The number of anilines is 1. The van der Waals surface area contributed by atoms with E-state index >= 15 is 0 Å². The predicted octanol–water partition coefficient (Wildman–Crippen LogP) is 5.43. The molecule has 0 unspecified atom stereocenters. The van der Waals surface area contributed by atoms with Gasteiger partial charge in [0.25, 0.3) is 11.5 Å². The largest absolute Gasteiger partial charge is 0.505 e. The molecule has 12 heteroatoms. The van der Waals surface area contributed by atoms with Crippen molar-refractivity contribution in [2.45, 2.75) is 19.6 Å². The molecular weight excluding hydrogens is 508 g/mol. The zero-order valence-corrected chi connectivity index (χ0v) is 19.3. The van der Waals surface area contributed by atoms with E-state index in [2.05, 4.69) is 15.3 Å². The lowest BCUT2D eigenvalue weighted by molar-refractivity contribution is -0.138. The summed E-state index contributed by atoms with van der Waals surface area (Å²) in [5, 5.41) is 12.0. The fourth-order valence-corrected chi connectivity index (χ4v) is 3.98. The van der Waals surface area contributed by atoms with E-state index in [1.54, 1.807) is 13.0 Å². The van der Waals surface area contributed by atoms with E-state index in [0.717, 1.165) is 23.0 Å². The number of phenolic OH excluding ortho intramolecular Hbond substituents is 1. The number of alkyl halides is 3. The van der Waals surface area contributed by atoms with E-state index in [1.807, 2.05) is 0 Å². The molecule has 1 amide bonds. The van der Waals surface area contributed by atoms with Crippen molar-refractivity contribution in [2.75, 3.05) is 5.32 Å². The topological polar surface area (TPSA) is 97.1 Å². The van der Waals surface area contributed by atoms with E-state index in [0.29, 0.717) is 5.56 Å². The summed E-state index contributed by atoms with van der Waals surface area (Å²) < 4.78 is 41.1. The van der Waals surface area contributed by atoms with Gasteiger partial charge in [0.15, 0.2) is 5.75 Å². The number of halogens is 5. The first-order chi connectivity index (χ1) is 16.5. The van der Waals surface area contributed by atoms with Gasteiger partial charge in [0.1, 0.15) is 0 Å². The third kappa shape index (κ3) is 4.80. The number of hydrogen-bond donors (Lipinski definition) is 2. The van der Waals surface area contributed by atoms with Gasteiger partial charge < -0.3 is 10.4 Å². The third-order valence-electron chi connectivity index (χ3n) is 5.22. The monoisotopic (exact) mass is 522 g/mol. The van der Waals surface area contributed by atoms with Crippen molar-refractivity contribution in [3.63, 3.8) is 0 Å². The molecule has 0 aliphatic carbocycles. The van der Waals surface area contributed by atoms with Crippen LogP contribution in [-0.2, 0) is 12.7 Å². The number of fused-ring (bicyclic) bond motifs is 1. The zero-order chi connectivity index (χ0) is 25.5. The van der Waals surface area contributed by atoms with Gasteiger partial charge in [-0.3, -0.25) is 19.1 Å². The van der Waals surface area contributed by atoms with Crippen LogP contribution in [0.2, 0.25) is 10.0 Å². The van der Waals surface area contributed by atoms with Crippen LogP contribution in [0, 0.1) is 6.92 Å². The van der Waals surface area contributed by atoms with Gasteiger partial charge in [-0.05, 0) is 42.8 Å². The second-order valence-electron chi connectivity index (χ2n) is 7.57. The van der Waals surface area contributed by atoms with E-state index in [4.69, 9.17) is 23.2 Å². The lowest BCUT2D eigenvalue weighted by atomic mass is 10.1. The molecule has 180 valence electrons. The summed E-state index contributed by atoms with van der Waals surface area (Å²) in [5.41, 5.74) is -1.01. The summed E-state index contributed by atoms with van der Waals surface area (Å²) >= 11 is 11.8. The molecule has 4 aromatic rings.